The summed E-state index contributed by atoms with van der Waals surface area (Å²) in [7, 11) is 0. The number of amides is 1. The average molecular weight is 463 g/mol. The zero-order valence-electron chi connectivity index (χ0n) is 16.8. The number of aromatic nitrogens is 1. The van der Waals surface area contributed by atoms with Crippen LogP contribution in [0.25, 0.3) is 0 Å². The summed E-state index contributed by atoms with van der Waals surface area (Å²) in [6, 6.07) is 23.8. The number of hydrogen-bond donors (Lipinski definition) is 0. The van der Waals surface area contributed by atoms with Crippen LogP contribution in [0.2, 0.25) is 0 Å². The number of benzene rings is 2. The van der Waals surface area contributed by atoms with Crippen LogP contribution in [0.5, 0.6) is 0 Å². The highest BCUT2D eigenvalue weighted by molar-refractivity contribution is 9.10. The molecule has 0 bridgehead atoms. The topological polar surface area (TPSA) is 38.4 Å². The molecule has 0 atom stereocenters. The monoisotopic (exact) mass is 462 g/mol. The second kappa shape index (κ2) is 9.18. The molecule has 0 spiro atoms. The van der Waals surface area contributed by atoms with E-state index in [2.05, 4.69) is 63.9 Å². The average Bonchev–Trinajstić information content (AvgIpc) is 3.42. The van der Waals surface area contributed by atoms with Gasteiger partial charge in [0.2, 0.25) is 0 Å². The molecule has 0 aliphatic heterocycles. The Morgan fingerprint density at radius 3 is 2.43 bits per heavy atom. The van der Waals surface area contributed by atoms with Gasteiger partial charge in [-0.3, -0.25) is 4.79 Å². The van der Waals surface area contributed by atoms with Crippen LogP contribution in [0.1, 0.15) is 32.9 Å². The van der Waals surface area contributed by atoms with Gasteiger partial charge in [0.15, 0.2) is 0 Å². The van der Waals surface area contributed by atoms with Crippen molar-refractivity contribution in [3.63, 3.8) is 0 Å². The SMILES string of the molecule is Cc1ccc(Cn2cccc2CN(Cc2ccco2)C(=O)c2ccc(Br)cc2)cc1. The molecule has 1 amide bonds. The van der Waals surface area contributed by atoms with Crippen LogP contribution < -0.4 is 0 Å². The van der Waals surface area contributed by atoms with Gasteiger partial charge in [0.25, 0.3) is 5.91 Å². The van der Waals surface area contributed by atoms with Crippen molar-refractivity contribution < 1.29 is 9.21 Å². The summed E-state index contributed by atoms with van der Waals surface area (Å²) in [5.74, 6) is 0.735. The Hall–Kier alpha value is -3.05. The number of furan rings is 1. The number of aryl methyl sites for hydroxylation is 1. The highest BCUT2D eigenvalue weighted by atomic mass is 79.9. The molecule has 5 heteroatoms. The Kier molecular flexibility index (Phi) is 6.19. The summed E-state index contributed by atoms with van der Waals surface area (Å²) in [4.78, 5) is 15.1. The first-order valence-corrected chi connectivity index (χ1v) is 10.6. The number of carbonyl (C=O) groups excluding carboxylic acids is 1. The normalized spacial score (nSPS) is 10.9. The predicted molar refractivity (Wildman–Crippen MR) is 121 cm³/mol. The fourth-order valence-electron chi connectivity index (χ4n) is 3.40. The van der Waals surface area contributed by atoms with Crippen molar-refractivity contribution >= 4 is 21.8 Å². The van der Waals surface area contributed by atoms with Crippen molar-refractivity contribution in [1.82, 2.24) is 9.47 Å². The second-order valence-corrected chi connectivity index (χ2v) is 8.28. The molecule has 2 heterocycles. The van der Waals surface area contributed by atoms with E-state index >= 15 is 0 Å². The van der Waals surface area contributed by atoms with Crippen molar-refractivity contribution in [2.75, 3.05) is 0 Å². The molecule has 4 rings (SSSR count). The molecule has 0 unspecified atom stereocenters. The molecule has 2 aromatic heterocycles. The fourth-order valence-corrected chi connectivity index (χ4v) is 3.66. The van der Waals surface area contributed by atoms with Gasteiger partial charge in [0.05, 0.1) is 19.4 Å². The van der Waals surface area contributed by atoms with Gasteiger partial charge in [-0.2, -0.15) is 0 Å². The molecule has 0 aliphatic carbocycles. The second-order valence-electron chi connectivity index (χ2n) is 7.36. The van der Waals surface area contributed by atoms with Gasteiger partial charge in [0.1, 0.15) is 5.76 Å². The summed E-state index contributed by atoms with van der Waals surface area (Å²) in [6.45, 7) is 3.76. The number of nitrogens with zero attached hydrogens (tertiary/aromatic N) is 2. The van der Waals surface area contributed by atoms with Crippen LogP contribution >= 0.6 is 15.9 Å². The van der Waals surface area contributed by atoms with Gasteiger partial charge in [-0.05, 0) is 61.0 Å². The minimum absolute atomic E-state index is 0.0259. The number of rotatable bonds is 7. The molecule has 0 aliphatic rings. The largest absolute Gasteiger partial charge is 0.467 e. The van der Waals surface area contributed by atoms with E-state index in [1.165, 1.54) is 11.1 Å². The smallest absolute Gasteiger partial charge is 0.254 e. The molecule has 30 heavy (non-hydrogen) atoms. The lowest BCUT2D eigenvalue weighted by Gasteiger charge is -2.23. The molecule has 0 radical (unpaired) electrons. The van der Waals surface area contributed by atoms with Crippen molar-refractivity contribution in [2.45, 2.75) is 26.6 Å². The maximum Gasteiger partial charge on any atom is 0.254 e. The van der Waals surface area contributed by atoms with Crippen LogP contribution in [0.4, 0.5) is 0 Å². The molecular weight excluding hydrogens is 440 g/mol. The van der Waals surface area contributed by atoms with Crippen LogP contribution in [0.15, 0.2) is 94.1 Å². The Bertz CT molecular complexity index is 1100. The summed E-state index contributed by atoms with van der Waals surface area (Å²) in [5.41, 5.74) is 4.21. The van der Waals surface area contributed by atoms with Crippen LogP contribution in [-0.4, -0.2) is 15.4 Å². The Labute approximate surface area is 184 Å². The van der Waals surface area contributed by atoms with E-state index in [9.17, 15) is 4.79 Å². The maximum absolute atomic E-state index is 13.3. The van der Waals surface area contributed by atoms with Crippen LogP contribution in [0.3, 0.4) is 0 Å². The van der Waals surface area contributed by atoms with E-state index in [-0.39, 0.29) is 5.91 Å². The highest BCUT2D eigenvalue weighted by Crippen LogP contribution is 2.18. The van der Waals surface area contributed by atoms with Gasteiger partial charge in [-0.1, -0.05) is 45.8 Å². The Morgan fingerprint density at radius 1 is 0.967 bits per heavy atom. The number of hydrogen-bond acceptors (Lipinski definition) is 2. The van der Waals surface area contributed by atoms with E-state index in [0.29, 0.717) is 18.7 Å². The molecule has 0 saturated carbocycles. The van der Waals surface area contributed by atoms with Crippen molar-refractivity contribution in [3.05, 3.63) is 118 Å². The van der Waals surface area contributed by atoms with Gasteiger partial charge in [-0.25, -0.2) is 0 Å². The Morgan fingerprint density at radius 2 is 1.73 bits per heavy atom. The first-order chi connectivity index (χ1) is 14.6. The third-order valence-electron chi connectivity index (χ3n) is 5.06. The summed E-state index contributed by atoms with van der Waals surface area (Å²) in [6.07, 6.45) is 3.70. The predicted octanol–water partition coefficient (Wildman–Crippen LogP) is 6.04. The molecule has 152 valence electrons. The molecule has 0 N–H and O–H groups in total. The minimum Gasteiger partial charge on any atom is -0.467 e. The summed E-state index contributed by atoms with van der Waals surface area (Å²) in [5, 5.41) is 0. The zero-order valence-corrected chi connectivity index (χ0v) is 18.4. The standard InChI is InChI=1S/C25H23BrN2O2/c1-19-6-8-20(9-7-19)16-27-14-2-4-23(27)17-28(18-24-5-3-15-30-24)25(29)21-10-12-22(26)13-11-21/h2-15H,16-18H2,1H3. The quantitative estimate of drug-likeness (QED) is 0.335. The molecule has 4 aromatic rings. The minimum atomic E-state index is -0.0259. The lowest BCUT2D eigenvalue weighted by Crippen LogP contribution is -2.31. The maximum atomic E-state index is 13.3. The summed E-state index contributed by atoms with van der Waals surface area (Å²) >= 11 is 3.43. The van der Waals surface area contributed by atoms with Crippen molar-refractivity contribution in [2.24, 2.45) is 0 Å². The third-order valence-corrected chi connectivity index (χ3v) is 5.58. The lowest BCUT2D eigenvalue weighted by atomic mass is 10.1. The number of halogens is 1. The summed E-state index contributed by atoms with van der Waals surface area (Å²) < 4.78 is 8.65. The molecule has 0 saturated heterocycles. The number of carbonyl (C=O) groups is 1. The first kappa shape index (κ1) is 20.2. The van der Waals surface area contributed by atoms with E-state index < -0.39 is 0 Å². The van der Waals surface area contributed by atoms with Gasteiger partial charge >= 0.3 is 0 Å². The zero-order chi connectivity index (χ0) is 20.9. The van der Waals surface area contributed by atoms with Crippen LogP contribution in [0, 0.1) is 6.92 Å². The van der Waals surface area contributed by atoms with Gasteiger partial charge < -0.3 is 13.9 Å². The first-order valence-electron chi connectivity index (χ1n) is 9.85. The fraction of sp³-hybridized carbons (Fsp3) is 0.160. The van der Waals surface area contributed by atoms with Gasteiger partial charge in [-0.15, -0.1) is 0 Å². The van der Waals surface area contributed by atoms with Gasteiger partial charge in [0, 0.05) is 28.5 Å². The Balaban J connectivity index is 1.57. The van der Waals surface area contributed by atoms with E-state index in [0.717, 1.165) is 22.5 Å². The van der Waals surface area contributed by atoms with Crippen molar-refractivity contribution in [3.8, 4) is 0 Å². The van der Waals surface area contributed by atoms with E-state index in [4.69, 9.17) is 4.42 Å². The highest BCUT2D eigenvalue weighted by Gasteiger charge is 2.19. The molecular formula is C25H23BrN2O2. The lowest BCUT2D eigenvalue weighted by molar-refractivity contribution is 0.0713. The molecule has 0 fully saturated rings. The van der Waals surface area contributed by atoms with E-state index in [1.807, 2.05) is 47.4 Å². The van der Waals surface area contributed by atoms with E-state index in [1.54, 1.807) is 6.26 Å². The third kappa shape index (κ3) is 4.92. The molecule has 2 aromatic carbocycles. The van der Waals surface area contributed by atoms with Crippen molar-refractivity contribution in [1.29, 1.82) is 0 Å². The van der Waals surface area contributed by atoms with Crippen LogP contribution in [-0.2, 0) is 19.6 Å². The molecule has 4 nitrogen and oxygen atoms in total.